The van der Waals surface area contributed by atoms with E-state index in [0.717, 1.165) is 54.9 Å². The largest absolute Gasteiger partial charge is 0.377 e. The van der Waals surface area contributed by atoms with Crippen LogP contribution in [0.15, 0.2) is 42.6 Å². The maximum Gasteiger partial charge on any atom is 0.183 e. The van der Waals surface area contributed by atoms with Gasteiger partial charge in [-0.3, -0.25) is 0 Å². The third kappa shape index (κ3) is 3.09. The Morgan fingerprint density at radius 1 is 1.22 bits per heavy atom. The van der Waals surface area contributed by atoms with Crippen molar-refractivity contribution < 1.29 is 4.74 Å². The number of nitrogens with one attached hydrogen (secondary N) is 1. The third-order valence-electron chi connectivity index (χ3n) is 4.19. The zero-order chi connectivity index (χ0) is 15.5. The van der Waals surface area contributed by atoms with E-state index in [0.29, 0.717) is 6.10 Å². The second-order valence-corrected chi connectivity index (χ2v) is 5.83. The summed E-state index contributed by atoms with van der Waals surface area (Å²) < 4.78 is 7.39. The molecule has 1 aromatic carbocycles. The molecule has 1 fully saturated rings. The molecule has 0 amide bonds. The van der Waals surface area contributed by atoms with Gasteiger partial charge in [0, 0.05) is 37.0 Å². The van der Waals surface area contributed by atoms with Gasteiger partial charge in [0.15, 0.2) is 5.65 Å². The number of ether oxygens (including phenoxy) is 1. The molecule has 6 heteroatoms. The molecule has 1 N–H and O–H groups in total. The summed E-state index contributed by atoms with van der Waals surface area (Å²) in [6.45, 7) is 2.47. The molecule has 3 heterocycles. The van der Waals surface area contributed by atoms with Crippen LogP contribution in [0.25, 0.3) is 16.8 Å². The van der Waals surface area contributed by atoms with Crippen LogP contribution in [0.3, 0.4) is 0 Å². The van der Waals surface area contributed by atoms with Gasteiger partial charge in [0.25, 0.3) is 0 Å². The number of hydrogen-bond donors (Lipinski definition) is 1. The normalized spacial score (nSPS) is 17.8. The second-order valence-electron chi connectivity index (χ2n) is 5.83. The molecule has 0 bridgehead atoms. The summed E-state index contributed by atoms with van der Waals surface area (Å²) >= 11 is 0. The Kier molecular flexibility index (Phi) is 4.00. The van der Waals surface area contributed by atoms with E-state index in [1.165, 1.54) is 0 Å². The van der Waals surface area contributed by atoms with Crippen molar-refractivity contribution in [3.8, 4) is 11.1 Å². The number of benzene rings is 1. The van der Waals surface area contributed by atoms with Gasteiger partial charge in [-0.05, 0) is 34.9 Å². The first-order valence-electron chi connectivity index (χ1n) is 7.98. The summed E-state index contributed by atoms with van der Waals surface area (Å²) in [5.74, 6) is 0. The number of nitrogens with zero attached hydrogens (tertiary/aromatic N) is 4. The van der Waals surface area contributed by atoms with E-state index in [1.807, 2.05) is 24.4 Å². The standard InChI is InChI=1S/C17H19N5O/c1-2-5-13(6-3-1)15-9-14(17-19-20-21-22(17)12-15)10-18-11-16-7-4-8-23-16/h1-3,5-6,9,12,16,18H,4,7-8,10-11H2. The first-order chi connectivity index (χ1) is 11.4. The van der Waals surface area contributed by atoms with Gasteiger partial charge in [0.1, 0.15) is 0 Å². The van der Waals surface area contributed by atoms with Crippen molar-refractivity contribution in [1.29, 1.82) is 0 Å². The molecule has 0 radical (unpaired) electrons. The Morgan fingerprint density at radius 2 is 2.13 bits per heavy atom. The maximum atomic E-state index is 5.65. The molecule has 0 spiro atoms. The fourth-order valence-corrected chi connectivity index (χ4v) is 3.00. The van der Waals surface area contributed by atoms with Gasteiger partial charge < -0.3 is 10.1 Å². The van der Waals surface area contributed by atoms with Gasteiger partial charge in [-0.15, -0.1) is 5.10 Å². The van der Waals surface area contributed by atoms with E-state index in [4.69, 9.17) is 4.74 Å². The Hall–Kier alpha value is -2.31. The van der Waals surface area contributed by atoms with E-state index in [9.17, 15) is 0 Å². The van der Waals surface area contributed by atoms with Crippen LogP contribution in [-0.2, 0) is 11.3 Å². The number of pyridine rings is 1. The predicted octanol–water partition coefficient (Wildman–Crippen LogP) is 2.06. The summed E-state index contributed by atoms with van der Waals surface area (Å²) in [6.07, 6.45) is 4.60. The van der Waals surface area contributed by atoms with E-state index in [-0.39, 0.29) is 0 Å². The summed E-state index contributed by atoms with van der Waals surface area (Å²) in [5.41, 5.74) is 4.16. The molecular formula is C17H19N5O. The first kappa shape index (κ1) is 14.3. The lowest BCUT2D eigenvalue weighted by Gasteiger charge is -2.12. The van der Waals surface area contributed by atoms with Gasteiger partial charge >= 0.3 is 0 Å². The van der Waals surface area contributed by atoms with Crippen LogP contribution >= 0.6 is 0 Å². The average Bonchev–Trinajstić information content (AvgIpc) is 3.26. The van der Waals surface area contributed by atoms with Crippen LogP contribution in [0.2, 0.25) is 0 Å². The van der Waals surface area contributed by atoms with E-state index in [1.54, 1.807) is 4.52 Å². The number of aromatic nitrogens is 4. The minimum Gasteiger partial charge on any atom is -0.377 e. The van der Waals surface area contributed by atoms with E-state index >= 15 is 0 Å². The minimum atomic E-state index is 0.333. The van der Waals surface area contributed by atoms with Crippen molar-refractivity contribution in [3.05, 3.63) is 48.2 Å². The lowest BCUT2D eigenvalue weighted by Crippen LogP contribution is -2.26. The Morgan fingerprint density at radius 3 is 2.96 bits per heavy atom. The monoisotopic (exact) mass is 309 g/mol. The van der Waals surface area contributed by atoms with Crippen molar-refractivity contribution >= 4 is 5.65 Å². The number of hydrogen-bond acceptors (Lipinski definition) is 5. The molecule has 4 rings (SSSR count). The van der Waals surface area contributed by atoms with Gasteiger partial charge in [-0.1, -0.05) is 30.3 Å². The quantitative estimate of drug-likeness (QED) is 0.781. The van der Waals surface area contributed by atoms with Gasteiger partial charge in [0.2, 0.25) is 0 Å². The highest BCUT2D eigenvalue weighted by Gasteiger charge is 2.15. The smallest absolute Gasteiger partial charge is 0.183 e. The highest BCUT2D eigenvalue weighted by Crippen LogP contribution is 2.22. The van der Waals surface area contributed by atoms with Crippen LogP contribution in [0.5, 0.6) is 0 Å². The van der Waals surface area contributed by atoms with Crippen molar-refractivity contribution in [3.63, 3.8) is 0 Å². The zero-order valence-electron chi connectivity index (χ0n) is 12.9. The van der Waals surface area contributed by atoms with Gasteiger partial charge in [-0.2, -0.15) is 4.52 Å². The predicted molar refractivity (Wildman–Crippen MR) is 86.9 cm³/mol. The Labute approximate surface area is 134 Å². The zero-order valence-corrected chi connectivity index (χ0v) is 12.9. The van der Waals surface area contributed by atoms with Crippen LogP contribution in [-0.4, -0.2) is 39.3 Å². The molecule has 1 unspecified atom stereocenters. The molecule has 118 valence electrons. The average molecular weight is 309 g/mol. The van der Waals surface area contributed by atoms with Crippen LogP contribution in [0, 0.1) is 0 Å². The van der Waals surface area contributed by atoms with Crippen molar-refractivity contribution in [2.75, 3.05) is 13.2 Å². The lowest BCUT2D eigenvalue weighted by atomic mass is 10.1. The Balaban J connectivity index is 1.58. The van der Waals surface area contributed by atoms with Crippen LogP contribution in [0.1, 0.15) is 18.4 Å². The molecule has 1 aliphatic rings. The molecule has 3 aromatic rings. The number of tetrazole rings is 1. The molecule has 0 saturated carbocycles. The van der Waals surface area contributed by atoms with Crippen molar-refractivity contribution in [2.45, 2.75) is 25.5 Å². The number of rotatable bonds is 5. The van der Waals surface area contributed by atoms with E-state index < -0.39 is 0 Å². The van der Waals surface area contributed by atoms with Crippen LogP contribution in [0.4, 0.5) is 0 Å². The summed E-state index contributed by atoms with van der Waals surface area (Å²) in [4.78, 5) is 0. The van der Waals surface area contributed by atoms with Gasteiger partial charge in [-0.25, -0.2) is 0 Å². The molecule has 1 saturated heterocycles. The second kappa shape index (κ2) is 6.44. The first-order valence-corrected chi connectivity index (χ1v) is 7.98. The summed E-state index contributed by atoms with van der Waals surface area (Å²) in [7, 11) is 0. The summed E-state index contributed by atoms with van der Waals surface area (Å²) in [6, 6.07) is 12.4. The highest BCUT2D eigenvalue weighted by molar-refractivity contribution is 5.66. The fraction of sp³-hybridized carbons (Fsp3) is 0.353. The lowest BCUT2D eigenvalue weighted by molar-refractivity contribution is 0.110. The highest BCUT2D eigenvalue weighted by atomic mass is 16.5. The van der Waals surface area contributed by atoms with Gasteiger partial charge in [0.05, 0.1) is 6.10 Å². The fourth-order valence-electron chi connectivity index (χ4n) is 3.00. The molecule has 2 aromatic heterocycles. The van der Waals surface area contributed by atoms with Crippen LogP contribution < -0.4 is 5.32 Å². The molecule has 23 heavy (non-hydrogen) atoms. The van der Waals surface area contributed by atoms with E-state index in [2.05, 4.69) is 39.0 Å². The molecule has 1 aliphatic heterocycles. The van der Waals surface area contributed by atoms with Crippen molar-refractivity contribution in [1.82, 2.24) is 25.4 Å². The molecular weight excluding hydrogens is 290 g/mol. The molecule has 1 atom stereocenters. The topological polar surface area (TPSA) is 64.3 Å². The SMILES string of the molecule is c1ccc(-c2cc(CNCC3CCCO3)c3nnnn3c2)cc1. The molecule has 6 nitrogen and oxygen atoms in total. The minimum absolute atomic E-state index is 0.333. The number of fused-ring (bicyclic) bond motifs is 1. The third-order valence-corrected chi connectivity index (χ3v) is 4.19. The van der Waals surface area contributed by atoms with Crippen molar-refractivity contribution in [2.24, 2.45) is 0 Å². The summed E-state index contributed by atoms with van der Waals surface area (Å²) in [5, 5.41) is 15.5. The Bertz CT molecular complexity index is 780. The maximum absolute atomic E-state index is 5.65. The molecule has 0 aliphatic carbocycles.